The van der Waals surface area contributed by atoms with E-state index in [0.717, 1.165) is 18.5 Å². The van der Waals surface area contributed by atoms with Crippen LogP contribution in [0.1, 0.15) is 50.9 Å². The van der Waals surface area contributed by atoms with Crippen LogP contribution < -0.4 is 4.90 Å². The standard InChI is InChI=1S/C19H25FN2O3/c1-12(23)16-8-7-13(9-17(16)20)21-10-14-5-6-15(11-21)22(14)18(24)25-19(2,3)4/h7-9,14-15H,5-6,10-11H2,1-4H3. The summed E-state index contributed by atoms with van der Waals surface area (Å²) in [6, 6.07) is 4.88. The number of carbonyl (C=O) groups excluding carboxylic acids is 2. The van der Waals surface area contributed by atoms with Gasteiger partial charge in [-0.05, 0) is 58.7 Å². The number of carbonyl (C=O) groups is 2. The van der Waals surface area contributed by atoms with Crippen LogP contribution in [-0.4, -0.2) is 47.6 Å². The highest BCUT2D eigenvalue weighted by Gasteiger charge is 2.44. The molecule has 136 valence electrons. The van der Waals surface area contributed by atoms with E-state index in [1.165, 1.54) is 19.1 Å². The Balaban J connectivity index is 1.75. The molecule has 1 amide bonds. The van der Waals surface area contributed by atoms with Gasteiger partial charge in [-0.25, -0.2) is 9.18 Å². The fourth-order valence-electron chi connectivity index (χ4n) is 3.71. The molecule has 3 rings (SSSR count). The van der Waals surface area contributed by atoms with Crippen molar-refractivity contribution in [3.05, 3.63) is 29.6 Å². The van der Waals surface area contributed by atoms with Crippen LogP contribution in [0.15, 0.2) is 18.2 Å². The van der Waals surface area contributed by atoms with Crippen molar-refractivity contribution < 1.29 is 18.7 Å². The number of hydrogen-bond donors (Lipinski definition) is 0. The highest BCUT2D eigenvalue weighted by atomic mass is 19.1. The summed E-state index contributed by atoms with van der Waals surface area (Å²) in [4.78, 5) is 27.8. The van der Waals surface area contributed by atoms with Crippen molar-refractivity contribution in [3.63, 3.8) is 0 Å². The molecule has 5 nitrogen and oxygen atoms in total. The Morgan fingerprint density at radius 3 is 2.24 bits per heavy atom. The Labute approximate surface area is 147 Å². The monoisotopic (exact) mass is 348 g/mol. The number of nitrogens with zero attached hydrogens (tertiary/aromatic N) is 2. The van der Waals surface area contributed by atoms with Gasteiger partial charge < -0.3 is 9.64 Å². The number of rotatable bonds is 2. The van der Waals surface area contributed by atoms with E-state index in [0.29, 0.717) is 13.1 Å². The number of ketones is 1. The average Bonchev–Trinajstić information content (AvgIpc) is 2.75. The van der Waals surface area contributed by atoms with Gasteiger partial charge in [0.15, 0.2) is 5.78 Å². The minimum absolute atomic E-state index is 0.0733. The number of Topliss-reactive ketones (excluding diaryl/α,β-unsaturated/α-hetero) is 1. The highest BCUT2D eigenvalue weighted by Crippen LogP contribution is 2.34. The molecule has 2 atom stereocenters. The maximum Gasteiger partial charge on any atom is 0.410 e. The van der Waals surface area contributed by atoms with Gasteiger partial charge in [0.2, 0.25) is 0 Å². The number of hydrogen-bond acceptors (Lipinski definition) is 4. The number of halogens is 1. The minimum Gasteiger partial charge on any atom is -0.444 e. The number of anilines is 1. The predicted molar refractivity (Wildman–Crippen MR) is 93.5 cm³/mol. The molecule has 1 aromatic carbocycles. The van der Waals surface area contributed by atoms with Crippen LogP contribution in [0, 0.1) is 5.82 Å². The highest BCUT2D eigenvalue weighted by molar-refractivity contribution is 5.94. The molecule has 2 aliphatic heterocycles. The topological polar surface area (TPSA) is 49.9 Å². The molecule has 2 heterocycles. The van der Waals surface area contributed by atoms with Crippen LogP contribution in [0.25, 0.3) is 0 Å². The molecule has 2 saturated heterocycles. The summed E-state index contributed by atoms with van der Waals surface area (Å²) in [7, 11) is 0. The molecule has 0 radical (unpaired) electrons. The summed E-state index contributed by atoms with van der Waals surface area (Å²) in [6.45, 7) is 8.24. The molecular formula is C19H25FN2O3. The number of fused-ring (bicyclic) bond motifs is 2. The van der Waals surface area contributed by atoms with Crippen molar-refractivity contribution in [1.82, 2.24) is 4.90 Å². The first-order valence-electron chi connectivity index (χ1n) is 8.72. The van der Waals surface area contributed by atoms with Gasteiger partial charge in [0.25, 0.3) is 0 Å². The molecule has 2 fully saturated rings. The molecule has 0 N–H and O–H groups in total. The first-order chi connectivity index (χ1) is 11.7. The zero-order valence-corrected chi connectivity index (χ0v) is 15.2. The smallest absolute Gasteiger partial charge is 0.410 e. The van der Waals surface area contributed by atoms with Gasteiger partial charge >= 0.3 is 6.09 Å². The zero-order valence-electron chi connectivity index (χ0n) is 15.2. The van der Waals surface area contributed by atoms with Crippen LogP contribution in [0.4, 0.5) is 14.9 Å². The molecule has 0 aromatic heterocycles. The van der Waals surface area contributed by atoms with Crippen LogP contribution in [-0.2, 0) is 4.74 Å². The zero-order chi connectivity index (χ0) is 18.4. The number of ether oxygens (including phenoxy) is 1. The molecule has 2 unspecified atom stereocenters. The summed E-state index contributed by atoms with van der Waals surface area (Å²) in [5, 5.41) is 0. The van der Waals surface area contributed by atoms with Crippen molar-refractivity contribution in [2.45, 2.75) is 58.2 Å². The largest absolute Gasteiger partial charge is 0.444 e. The maximum absolute atomic E-state index is 14.1. The van der Waals surface area contributed by atoms with E-state index in [-0.39, 0.29) is 29.5 Å². The van der Waals surface area contributed by atoms with Gasteiger partial charge in [-0.1, -0.05) is 0 Å². The van der Waals surface area contributed by atoms with E-state index in [4.69, 9.17) is 4.74 Å². The second-order valence-corrected chi connectivity index (χ2v) is 7.90. The van der Waals surface area contributed by atoms with E-state index in [9.17, 15) is 14.0 Å². The van der Waals surface area contributed by atoms with E-state index in [1.807, 2.05) is 25.7 Å². The molecule has 0 spiro atoms. The molecule has 2 aliphatic rings. The Morgan fingerprint density at radius 2 is 1.76 bits per heavy atom. The van der Waals surface area contributed by atoms with E-state index >= 15 is 0 Å². The first-order valence-corrected chi connectivity index (χ1v) is 8.72. The minimum atomic E-state index is -0.515. The summed E-state index contributed by atoms with van der Waals surface area (Å²) in [5.41, 5.74) is 0.349. The molecule has 25 heavy (non-hydrogen) atoms. The quantitative estimate of drug-likeness (QED) is 0.766. The summed E-state index contributed by atoms with van der Waals surface area (Å²) >= 11 is 0. The molecule has 0 saturated carbocycles. The maximum atomic E-state index is 14.1. The van der Waals surface area contributed by atoms with E-state index < -0.39 is 11.4 Å². The van der Waals surface area contributed by atoms with Crippen molar-refractivity contribution in [2.75, 3.05) is 18.0 Å². The fourth-order valence-corrected chi connectivity index (χ4v) is 3.71. The summed E-state index contributed by atoms with van der Waals surface area (Å²) in [5.74, 6) is -0.772. The van der Waals surface area contributed by atoms with Crippen molar-refractivity contribution >= 4 is 17.6 Å². The van der Waals surface area contributed by atoms with Crippen LogP contribution in [0.3, 0.4) is 0 Å². The second-order valence-electron chi connectivity index (χ2n) is 7.90. The van der Waals surface area contributed by atoms with Gasteiger partial charge in [0.1, 0.15) is 11.4 Å². The fraction of sp³-hybridized carbons (Fsp3) is 0.579. The van der Waals surface area contributed by atoms with Gasteiger partial charge in [-0.2, -0.15) is 0 Å². The third-order valence-corrected chi connectivity index (χ3v) is 4.78. The van der Waals surface area contributed by atoms with Crippen molar-refractivity contribution in [3.8, 4) is 0 Å². The van der Waals surface area contributed by atoms with Crippen LogP contribution >= 0.6 is 0 Å². The molecule has 2 bridgehead atoms. The number of piperazine rings is 1. The summed E-state index contributed by atoms with van der Waals surface area (Å²) in [6.07, 6.45) is 1.58. The molecule has 6 heteroatoms. The number of benzene rings is 1. The molecular weight excluding hydrogens is 323 g/mol. The Hall–Kier alpha value is -2.11. The van der Waals surface area contributed by atoms with Gasteiger partial charge in [0, 0.05) is 18.8 Å². The lowest BCUT2D eigenvalue weighted by Crippen LogP contribution is -2.56. The average molecular weight is 348 g/mol. The lowest BCUT2D eigenvalue weighted by atomic mass is 10.1. The SMILES string of the molecule is CC(=O)c1ccc(N2CC3CCC(C2)N3C(=O)OC(C)(C)C)cc1F. The predicted octanol–water partition coefficient (Wildman–Crippen LogP) is 3.62. The summed E-state index contributed by atoms with van der Waals surface area (Å²) < 4.78 is 19.7. The lowest BCUT2D eigenvalue weighted by Gasteiger charge is -2.42. The first kappa shape index (κ1) is 17.7. The third kappa shape index (κ3) is 3.62. The van der Waals surface area contributed by atoms with Crippen LogP contribution in [0.2, 0.25) is 0 Å². The van der Waals surface area contributed by atoms with Crippen LogP contribution in [0.5, 0.6) is 0 Å². The van der Waals surface area contributed by atoms with E-state index in [2.05, 4.69) is 4.90 Å². The number of amides is 1. The second kappa shape index (κ2) is 6.32. The Bertz CT molecular complexity index is 684. The van der Waals surface area contributed by atoms with E-state index in [1.54, 1.807) is 6.07 Å². The van der Waals surface area contributed by atoms with Crippen molar-refractivity contribution in [2.24, 2.45) is 0 Å². The lowest BCUT2D eigenvalue weighted by molar-refractivity contribution is 0.0123. The third-order valence-electron chi connectivity index (χ3n) is 4.78. The molecule has 1 aromatic rings. The Kier molecular flexibility index (Phi) is 4.47. The van der Waals surface area contributed by atoms with Gasteiger partial charge in [-0.3, -0.25) is 9.69 Å². The Morgan fingerprint density at radius 1 is 1.16 bits per heavy atom. The van der Waals surface area contributed by atoms with Crippen molar-refractivity contribution in [1.29, 1.82) is 0 Å². The van der Waals surface area contributed by atoms with Gasteiger partial charge in [0.05, 0.1) is 17.6 Å². The molecule has 0 aliphatic carbocycles. The normalized spacial score (nSPS) is 22.9. The van der Waals surface area contributed by atoms with Gasteiger partial charge in [-0.15, -0.1) is 0 Å².